The monoisotopic (exact) mass is 331 g/mol. The first-order chi connectivity index (χ1) is 12.1. The van der Waals surface area contributed by atoms with Crippen molar-refractivity contribution >= 4 is 10.9 Å². The van der Waals surface area contributed by atoms with Crippen LogP contribution in [0.25, 0.3) is 22.5 Å². The highest BCUT2D eigenvalue weighted by molar-refractivity contribution is 5.85. The van der Waals surface area contributed by atoms with E-state index in [0.29, 0.717) is 11.8 Å². The molecule has 0 amide bonds. The van der Waals surface area contributed by atoms with Gasteiger partial charge in [-0.25, -0.2) is 0 Å². The van der Waals surface area contributed by atoms with Gasteiger partial charge in [0.05, 0.1) is 0 Å². The van der Waals surface area contributed by atoms with E-state index in [1.807, 2.05) is 0 Å². The standard InChI is InChI=1S/C21H21N3O/c1-14(2)20-22-23-21(25-20)19-12-16-9-6-7-11-18(16)24(19)13-17-10-5-4-8-15(17)3/h4-12,14H,13H2,1-3H3. The zero-order chi connectivity index (χ0) is 17.4. The molecule has 0 fully saturated rings. The Labute approximate surface area is 147 Å². The fraction of sp³-hybridized carbons (Fsp3) is 0.238. The minimum atomic E-state index is 0.218. The van der Waals surface area contributed by atoms with Crippen molar-refractivity contribution in [2.45, 2.75) is 33.2 Å². The van der Waals surface area contributed by atoms with Gasteiger partial charge in [-0.2, -0.15) is 0 Å². The number of hydrogen-bond donors (Lipinski definition) is 0. The zero-order valence-electron chi connectivity index (χ0n) is 14.7. The van der Waals surface area contributed by atoms with Crippen LogP contribution in [-0.4, -0.2) is 14.8 Å². The number of fused-ring (bicyclic) bond motifs is 1. The number of benzene rings is 2. The summed E-state index contributed by atoms with van der Waals surface area (Å²) in [4.78, 5) is 0. The Morgan fingerprint density at radius 1 is 1.00 bits per heavy atom. The largest absolute Gasteiger partial charge is 0.419 e. The second-order valence-corrected chi connectivity index (χ2v) is 6.70. The van der Waals surface area contributed by atoms with Crippen molar-refractivity contribution in [3.63, 3.8) is 0 Å². The first-order valence-corrected chi connectivity index (χ1v) is 8.60. The van der Waals surface area contributed by atoms with Crippen LogP contribution in [0.5, 0.6) is 0 Å². The van der Waals surface area contributed by atoms with Gasteiger partial charge in [-0.3, -0.25) is 0 Å². The molecule has 0 aliphatic carbocycles. The Morgan fingerprint density at radius 3 is 2.52 bits per heavy atom. The molecular weight excluding hydrogens is 310 g/mol. The molecule has 4 aromatic rings. The molecule has 4 heteroatoms. The van der Waals surface area contributed by atoms with Crippen LogP contribution in [0, 0.1) is 6.92 Å². The van der Waals surface area contributed by atoms with Crippen molar-refractivity contribution in [2.24, 2.45) is 0 Å². The smallest absolute Gasteiger partial charge is 0.264 e. The van der Waals surface area contributed by atoms with Crippen molar-refractivity contribution < 1.29 is 4.42 Å². The van der Waals surface area contributed by atoms with Crippen molar-refractivity contribution in [3.05, 3.63) is 71.6 Å². The van der Waals surface area contributed by atoms with Crippen LogP contribution < -0.4 is 0 Å². The maximum atomic E-state index is 5.93. The first kappa shape index (κ1) is 15.6. The Hall–Kier alpha value is -2.88. The summed E-state index contributed by atoms with van der Waals surface area (Å²) in [5.41, 5.74) is 4.70. The van der Waals surface area contributed by atoms with Gasteiger partial charge in [-0.15, -0.1) is 10.2 Å². The lowest BCUT2D eigenvalue weighted by Crippen LogP contribution is -2.03. The molecule has 0 unspecified atom stereocenters. The summed E-state index contributed by atoms with van der Waals surface area (Å²) in [5.74, 6) is 1.46. The van der Waals surface area contributed by atoms with Gasteiger partial charge in [0.1, 0.15) is 5.69 Å². The van der Waals surface area contributed by atoms with E-state index in [-0.39, 0.29) is 5.92 Å². The van der Waals surface area contributed by atoms with Crippen molar-refractivity contribution in [2.75, 3.05) is 0 Å². The molecule has 0 atom stereocenters. The molecule has 2 aromatic heterocycles. The second-order valence-electron chi connectivity index (χ2n) is 6.70. The molecule has 0 spiro atoms. The molecule has 25 heavy (non-hydrogen) atoms. The second kappa shape index (κ2) is 6.20. The number of aryl methyl sites for hydroxylation is 1. The average Bonchev–Trinajstić information content (AvgIpc) is 3.22. The van der Waals surface area contributed by atoms with Crippen molar-refractivity contribution in [3.8, 4) is 11.6 Å². The van der Waals surface area contributed by atoms with Crippen LogP contribution in [0.1, 0.15) is 36.8 Å². The normalized spacial score (nSPS) is 11.5. The topological polar surface area (TPSA) is 43.9 Å². The van der Waals surface area contributed by atoms with Crippen LogP contribution in [0.4, 0.5) is 0 Å². The van der Waals surface area contributed by atoms with Crippen LogP contribution >= 0.6 is 0 Å². The van der Waals surface area contributed by atoms with E-state index in [4.69, 9.17) is 4.42 Å². The summed E-state index contributed by atoms with van der Waals surface area (Å²) in [6, 6.07) is 19.0. The van der Waals surface area contributed by atoms with E-state index in [9.17, 15) is 0 Å². The highest BCUT2D eigenvalue weighted by atomic mass is 16.4. The molecule has 0 bridgehead atoms. The lowest BCUT2D eigenvalue weighted by Gasteiger charge is -2.11. The van der Waals surface area contributed by atoms with Crippen LogP contribution in [-0.2, 0) is 6.54 Å². The summed E-state index contributed by atoms with van der Waals surface area (Å²) < 4.78 is 8.19. The van der Waals surface area contributed by atoms with E-state index in [2.05, 4.69) is 90.1 Å². The van der Waals surface area contributed by atoms with Crippen LogP contribution in [0.2, 0.25) is 0 Å². The summed E-state index contributed by atoms with van der Waals surface area (Å²) in [6.45, 7) is 7.03. The molecule has 126 valence electrons. The Morgan fingerprint density at radius 2 is 1.76 bits per heavy atom. The van der Waals surface area contributed by atoms with E-state index in [1.165, 1.54) is 22.0 Å². The fourth-order valence-electron chi connectivity index (χ4n) is 3.09. The zero-order valence-corrected chi connectivity index (χ0v) is 14.7. The highest BCUT2D eigenvalue weighted by Gasteiger charge is 2.18. The number of para-hydroxylation sites is 1. The number of rotatable bonds is 4. The predicted octanol–water partition coefficient (Wildman–Crippen LogP) is 5.17. The maximum absolute atomic E-state index is 5.93. The summed E-state index contributed by atoms with van der Waals surface area (Å²) >= 11 is 0. The van der Waals surface area contributed by atoms with Gasteiger partial charge >= 0.3 is 0 Å². The average molecular weight is 331 g/mol. The quantitative estimate of drug-likeness (QED) is 0.518. The molecule has 0 aliphatic heterocycles. The van der Waals surface area contributed by atoms with E-state index in [0.717, 1.165) is 12.2 Å². The SMILES string of the molecule is Cc1ccccc1Cn1c(-c2nnc(C(C)C)o2)cc2ccccc21. The van der Waals surface area contributed by atoms with Gasteiger partial charge in [-0.1, -0.05) is 56.3 Å². The molecule has 0 N–H and O–H groups in total. The van der Waals surface area contributed by atoms with Gasteiger partial charge in [0.2, 0.25) is 5.89 Å². The molecule has 4 nitrogen and oxygen atoms in total. The molecule has 0 saturated carbocycles. The highest BCUT2D eigenvalue weighted by Crippen LogP contribution is 2.29. The maximum Gasteiger partial charge on any atom is 0.264 e. The first-order valence-electron chi connectivity index (χ1n) is 8.60. The third kappa shape index (κ3) is 2.84. The van der Waals surface area contributed by atoms with E-state index < -0.39 is 0 Å². The molecule has 0 saturated heterocycles. The lowest BCUT2D eigenvalue weighted by molar-refractivity contribution is 0.478. The van der Waals surface area contributed by atoms with Crippen LogP contribution in [0.3, 0.4) is 0 Å². The number of nitrogens with zero attached hydrogens (tertiary/aromatic N) is 3. The Kier molecular flexibility index (Phi) is 3.88. The van der Waals surface area contributed by atoms with Gasteiger partial charge in [-0.05, 0) is 30.2 Å². The Bertz CT molecular complexity index is 1030. The summed E-state index contributed by atoms with van der Waals surface area (Å²) in [5, 5.41) is 9.66. The summed E-state index contributed by atoms with van der Waals surface area (Å²) in [7, 11) is 0. The minimum absolute atomic E-state index is 0.218. The minimum Gasteiger partial charge on any atom is -0.419 e. The van der Waals surface area contributed by atoms with E-state index >= 15 is 0 Å². The number of hydrogen-bond acceptors (Lipinski definition) is 3. The van der Waals surface area contributed by atoms with Gasteiger partial charge in [0, 0.05) is 23.4 Å². The van der Waals surface area contributed by atoms with Gasteiger partial charge in [0.15, 0.2) is 0 Å². The van der Waals surface area contributed by atoms with Gasteiger partial charge < -0.3 is 8.98 Å². The molecule has 2 heterocycles. The predicted molar refractivity (Wildman–Crippen MR) is 99.6 cm³/mol. The third-order valence-electron chi connectivity index (χ3n) is 4.55. The van der Waals surface area contributed by atoms with Gasteiger partial charge in [0.25, 0.3) is 5.89 Å². The fourth-order valence-corrected chi connectivity index (χ4v) is 3.09. The molecule has 0 aliphatic rings. The molecule has 4 rings (SSSR count). The lowest BCUT2D eigenvalue weighted by atomic mass is 10.1. The number of aromatic nitrogens is 3. The molecular formula is C21H21N3O. The molecule has 2 aromatic carbocycles. The summed E-state index contributed by atoms with van der Waals surface area (Å²) in [6.07, 6.45) is 0. The van der Waals surface area contributed by atoms with E-state index in [1.54, 1.807) is 0 Å². The third-order valence-corrected chi connectivity index (χ3v) is 4.55. The van der Waals surface area contributed by atoms with Crippen LogP contribution in [0.15, 0.2) is 59.0 Å². The van der Waals surface area contributed by atoms with Crippen molar-refractivity contribution in [1.29, 1.82) is 0 Å². The Balaban J connectivity index is 1.87. The van der Waals surface area contributed by atoms with Crippen molar-refractivity contribution in [1.82, 2.24) is 14.8 Å². The molecule has 0 radical (unpaired) electrons.